The highest BCUT2D eigenvalue weighted by molar-refractivity contribution is 5.94. The molecular formula is C17H23NO2. The molecule has 0 aliphatic heterocycles. The predicted molar refractivity (Wildman–Crippen MR) is 81.4 cm³/mol. The number of benzene rings is 1. The lowest BCUT2D eigenvalue weighted by atomic mass is 10.0. The summed E-state index contributed by atoms with van der Waals surface area (Å²) in [5.41, 5.74) is 1.42. The Labute approximate surface area is 121 Å². The van der Waals surface area contributed by atoms with Gasteiger partial charge in [-0.2, -0.15) is 0 Å². The standard InChI is InChI=1S/C17H23NO2/c1-13(2)11-14(3)18-17(20)16-9-6-8-15(12-16)7-4-5-10-19/h6,8-9,12-14,19H,5,10-11H2,1-3H3,(H,18,20). The molecule has 1 amide bonds. The minimum atomic E-state index is -0.0658. The Hall–Kier alpha value is -1.79. The number of nitrogens with one attached hydrogen (secondary N) is 1. The summed E-state index contributed by atoms with van der Waals surface area (Å²) < 4.78 is 0. The number of hydrogen-bond donors (Lipinski definition) is 2. The number of rotatable bonds is 5. The van der Waals surface area contributed by atoms with E-state index in [2.05, 4.69) is 31.0 Å². The van der Waals surface area contributed by atoms with Gasteiger partial charge in [0.25, 0.3) is 5.91 Å². The van der Waals surface area contributed by atoms with Crippen LogP contribution in [0.3, 0.4) is 0 Å². The van der Waals surface area contributed by atoms with Gasteiger partial charge in [-0.15, -0.1) is 0 Å². The van der Waals surface area contributed by atoms with Gasteiger partial charge in [-0.1, -0.05) is 31.8 Å². The first-order valence-corrected chi connectivity index (χ1v) is 7.03. The van der Waals surface area contributed by atoms with Crippen LogP contribution in [-0.2, 0) is 0 Å². The Morgan fingerprint density at radius 3 is 2.75 bits per heavy atom. The van der Waals surface area contributed by atoms with Crippen molar-refractivity contribution in [3.8, 4) is 11.8 Å². The lowest BCUT2D eigenvalue weighted by Crippen LogP contribution is -2.33. The van der Waals surface area contributed by atoms with Crippen LogP contribution in [0.5, 0.6) is 0 Å². The molecule has 0 heterocycles. The molecule has 0 spiro atoms. The third kappa shape index (κ3) is 5.90. The quantitative estimate of drug-likeness (QED) is 0.810. The van der Waals surface area contributed by atoms with Crippen molar-refractivity contribution in [2.75, 3.05) is 6.61 Å². The van der Waals surface area contributed by atoms with Gasteiger partial charge in [0.2, 0.25) is 0 Å². The van der Waals surface area contributed by atoms with E-state index in [4.69, 9.17) is 5.11 Å². The van der Waals surface area contributed by atoms with Gasteiger partial charge < -0.3 is 10.4 Å². The van der Waals surface area contributed by atoms with E-state index in [9.17, 15) is 4.79 Å². The maximum Gasteiger partial charge on any atom is 0.251 e. The monoisotopic (exact) mass is 273 g/mol. The molecule has 1 aromatic carbocycles. The molecule has 0 bridgehead atoms. The summed E-state index contributed by atoms with van der Waals surface area (Å²) in [4.78, 5) is 12.1. The summed E-state index contributed by atoms with van der Waals surface area (Å²) >= 11 is 0. The third-order valence-corrected chi connectivity index (χ3v) is 2.80. The smallest absolute Gasteiger partial charge is 0.251 e. The number of aliphatic hydroxyl groups excluding tert-OH is 1. The molecule has 2 N–H and O–H groups in total. The summed E-state index contributed by atoms with van der Waals surface area (Å²) in [5, 5.41) is 11.7. The molecule has 1 aromatic rings. The van der Waals surface area contributed by atoms with E-state index in [1.165, 1.54) is 0 Å². The van der Waals surface area contributed by atoms with Crippen molar-refractivity contribution < 1.29 is 9.90 Å². The first-order chi connectivity index (χ1) is 9.52. The van der Waals surface area contributed by atoms with Crippen LogP contribution in [0.15, 0.2) is 24.3 Å². The van der Waals surface area contributed by atoms with Crippen molar-refractivity contribution in [2.24, 2.45) is 5.92 Å². The van der Waals surface area contributed by atoms with Crippen molar-refractivity contribution in [3.05, 3.63) is 35.4 Å². The lowest BCUT2D eigenvalue weighted by molar-refractivity contribution is 0.0936. The van der Waals surface area contributed by atoms with Gasteiger partial charge in [-0.3, -0.25) is 4.79 Å². The molecule has 20 heavy (non-hydrogen) atoms. The minimum Gasteiger partial charge on any atom is -0.395 e. The average molecular weight is 273 g/mol. The van der Waals surface area contributed by atoms with Crippen LogP contribution in [0.2, 0.25) is 0 Å². The van der Waals surface area contributed by atoms with Crippen molar-refractivity contribution >= 4 is 5.91 Å². The van der Waals surface area contributed by atoms with E-state index in [0.717, 1.165) is 12.0 Å². The highest BCUT2D eigenvalue weighted by atomic mass is 16.2. The summed E-state index contributed by atoms with van der Waals surface area (Å²) in [6, 6.07) is 7.41. The van der Waals surface area contributed by atoms with E-state index < -0.39 is 0 Å². The molecule has 1 atom stereocenters. The molecule has 108 valence electrons. The fourth-order valence-corrected chi connectivity index (χ4v) is 2.03. The van der Waals surface area contributed by atoms with Gasteiger partial charge in [0.05, 0.1) is 6.61 Å². The van der Waals surface area contributed by atoms with Crippen LogP contribution in [0.1, 0.15) is 49.5 Å². The number of amides is 1. The van der Waals surface area contributed by atoms with E-state index in [1.807, 2.05) is 19.1 Å². The maximum atomic E-state index is 12.1. The topological polar surface area (TPSA) is 49.3 Å². The van der Waals surface area contributed by atoms with Gasteiger partial charge in [-0.05, 0) is 37.5 Å². The molecule has 0 radical (unpaired) electrons. The van der Waals surface area contributed by atoms with E-state index in [-0.39, 0.29) is 18.6 Å². The number of aliphatic hydroxyl groups is 1. The summed E-state index contributed by atoms with van der Waals surface area (Å²) in [5.74, 6) is 6.28. The van der Waals surface area contributed by atoms with E-state index in [1.54, 1.807) is 12.1 Å². The van der Waals surface area contributed by atoms with Crippen molar-refractivity contribution in [2.45, 2.75) is 39.7 Å². The third-order valence-electron chi connectivity index (χ3n) is 2.80. The molecule has 1 unspecified atom stereocenters. The number of carbonyl (C=O) groups excluding carboxylic acids is 1. The largest absolute Gasteiger partial charge is 0.395 e. The first kappa shape index (κ1) is 16.3. The summed E-state index contributed by atoms with van der Waals surface area (Å²) in [7, 11) is 0. The molecule has 0 saturated heterocycles. The second kappa shape index (κ2) is 8.39. The van der Waals surface area contributed by atoms with Gasteiger partial charge in [0.15, 0.2) is 0 Å². The molecule has 0 aliphatic carbocycles. The number of carbonyl (C=O) groups is 1. The SMILES string of the molecule is CC(C)CC(C)NC(=O)c1cccc(C#CCCO)c1. The highest BCUT2D eigenvalue weighted by Crippen LogP contribution is 2.07. The molecule has 0 saturated carbocycles. The molecular weight excluding hydrogens is 250 g/mol. The molecule has 0 aliphatic rings. The Kier molecular flexibility index (Phi) is 6.83. The predicted octanol–water partition coefficient (Wildman–Crippen LogP) is 2.58. The zero-order chi connectivity index (χ0) is 15.0. The maximum absolute atomic E-state index is 12.1. The van der Waals surface area contributed by atoms with E-state index >= 15 is 0 Å². The lowest BCUT2D eigenvalue weighted by Gasteiger charge is -2.16. The number of hydrogen-bond acceptors (Lipinski definition) is 2. The van der Waals surface area contributed by atoms with Crippen LogP contribution in [0.25, 0.3) is 0 Å². The van der Waals surface area contributed by atoms with Crippen LogP contribution >= 0.6 is 0 Å². The molecule has 3 heteroatoms. The van der Waals surface area contributed by atoms with Gasteiger partial charge in [0.1, 0.15) is 0 Å². The van der Waals surface area contributed by atoms with Crippen LogP contribution in [0, 0.1) is 17.8 Å². The normalized spacial score (nSPS) is 11.7. The van der Waals surface area contributed by atoms with Gasteiger partial charge >= 0.3 is 0 Å². The average Bonchev–Trinajstić information content (AvgIpc) is 2.38. The second-order valence-corrected chi connectivity index (χ2v) is 5.36. The minimum absolute atomic E-state index is 0.0555. The Morgan fingerprint density at radius 1 is 1.35 bits per heavy atom. The van der Waals surface area contributed by atoms with E-state index in [0.29, 0.717) is 17.9 Å². The molecule has 0 fully saturated rings. The van der Waals surface area contributed by atoms with Gasteiger partial charge in [0, 0.05) is 23.6 Å². The second-order valence-electron chi connectivity index (χ2n) is 5.36. The molecule has 1 rings (SSSR count). The summed E-state index contributed by atoms with van der Waals surface area (Å²) in [6.07, 6.45) is 1.41. The van der Waals surface area contributed by atoms with Gasteiger partial charge in [-0.25, -0.2) is 0 Å². The highest BCUT2D eigenvalue weighted by Gasteiger charge is 2.11. The van der Waals surface area contributed by atoms with Crippen LogP contribution in [0.4, 0.5) is 0 Å². The Balaban J connectivity index is 2.69. The van der Waals surface area contributed by atoms with Crippen LogP contribution < -0.4 is 5.32 Å². The first-order valence-electron chi connectivity index (χ1n) is 7.03. The zero-order valence-electron chi connectivity index (χ0n) is 12.4. The Morgan fingerprint density at radius 2 is 2.10 bits per heavy atom. The zero-order valence-corrected chi connectivity index (χ0v) is 12.4. The fraction of sp³-hybridized carbons (Fsp3) is 0.471. The molecule has 3 nitrogen and oxygen atoms in total. The summed E-state index contributed by atoms with van der Waals surface area (Å²) in [6.45, 7) is 6.35. The van der Waals surface area contributed by atoms with Crippen LogP contribution in [-0.4, -0.2) is 23.7 Å². The van der Waals surface area contributed by atoms with Crippen molar-refractivity contribution in [1.82, 2.24) is 5.32 Å². The van der Waals surface area contributed by atoms with Crippen molar-refractivity contribution in [1.29, 1.82) is 0 Å². The Bertz CT molecular complexity index is 497. The molecule has 0 aromatic heterocycles. The van der Waals surface area contributed by atoms with Crippen molar-refractivity contribution in [3.63, 3.8) is 0 Å². The fourth-order valence-electron chi connectivity index (χ4n) is 2.03.